The molecule has 1 aliphatic carbocycles. The van der Waals surface area contributed by atoms with Crippen molar-refractivity contribution in [1.29, 1.82) is 0 Å². The molecule has 0 spiro atoms. The smallest absolute Gasteiger partial charge is 0.127 e. The minimum absolute atomic E-state index is 0.361. The quantitative estimate of drug-likeness (QED) is 0.652. The zero-order chi connectivity index (χ0) is 7.84. The van der Waals surface area contributed by atoms with Gasteiger partial charge in [-0.25, -0.2) is 0 Å². The lowest BCUT2D eigenvalue weighted by molar-refractivity contribution is 0.0475. The Labute approximate surface area is 75.2 Å². The normalized spacial score (nSPS) is 30.3. The Morgan fingerprint density at radius 3 is 2.64 bits per heavy atom. The van der Waals surface area contributed by atoms with Gasteiger partial charge in [-0.1, -0.05) is 22.5 Å². The van der Waals surface area contributed by atoms with E-state index in [4.69, 9.17) is 4.74 Å². The lowest BCUT2D eigenvalue weighted by atomic mass is 10.0. The molecule has 1 aliphatic heterocycles. The molecule has 0 aromatic heterocycles. The molecule has 1 atom stereocenters. The average molecular weight is 215 g/mol. The summed E-state index contributed by atoms with van der Waals surface area (Å²) < 4.78 is 6.78. The van der Waals surface area contributed by atoms with E-state index < -0.39 is 0 Å². The zero-order valence-corrected chi connectivity index (χ0v) is 7.99. The van der Waals surface area contributed by atoms with E-state index in [-0.39, 0.29) is 0 Å². The van der Waals surface area contributed by atoms with Gasteiger partial charge in [0, 0.05) is 6.42 Å². The van der Waals surface area contributed by atoms with Gasteiger partial charge in [0.2, 0.25) is 0 Å². The Morgan fingerprint density at radius 1 is 1.45 bits per heavy atom. The molecule has 0 radical (unpaired) electrons. The summed E-state index contributed by atoms with van der Waals surface area (Å²) >= 11 is 3.57. The van der Waals surface area contributed by atoms with Crippen molar-refractivity contribution < 1.29 is 4.74 Å². The summed E-state index contributed by atoms with van der Waals surface area (Å²) in [7, 11) is 0. The third-order valence-corrected chi connectivity index (χ3v) is 3.21. The van der Waals surface area contributed by atoms with Crippen LogP contribution in [-0.2, 0) is 4.74 Å². The fraction of sp³-hybridized carbons (Fsp3) is 0.556. The molecule has 1 fully saturated rings. The number of ether oxygens (including phenoxy) is 1. The van der Waals surface area contributed by atoms with Gasteiger partial charge < -0.3 is 4.74 Å². The molecular weight excluding hydrogens is 204 g/mol. The third kappa shape index (κ3) is 1.24. The summed E-state index contributed by atoms with van der Waals surface area (Å²) in [6.07, 6.45) is 5.08. The van der Waals surface area contributed by atoms with Crippen LogP contribution in [0, 0.1) is 0 Å². The van der Waals surface area contributed by atoms with Crippen LogP contribution < -0.4 is 0 Å². The molecule has 0 amide bonds. The summed E-state index contributed by atoms with van der Waals surface area (Å²) in [6.45, 7) is 3.75. The van der Waals surface area contributed by atoms with E-state index in [0.29, 0.717) is 6.10 Å². The van der Waals surface area contributed by atoms with Crippen LogP contribution in [-0.4, -0.2) is 6.10 Å². The highest BCUT2D eigenvalue weighted by Gasteiger charge is 2.30. The SMILES string of the molecule is C=C1CC(C2=C(Br)CCC2)O1. The summed E-state index contributed by atoms with van der Waals surface area (Å²) in [5, 5.41) is 0. The molecule has 11 heavy (non-hydrogen) atoms. The Bertz CT molecular complexity index is 222. The molecule has 60 valence electrons. The molecule has 2 heteroatoms. The molecule has 2 rings (SSSR count). The van der Waals surface area contributed by atoms with E-state index in [2.05, 4.69) is 22.5 Å². The molecule has 0 bridgehead atoms. The van der Waals surface area contributed by atoms with Crippen LogP contribution in [0.3, 0.4) is 0 Å². The van der Waals surface area contributed by atoms with Crippen molar-refractivity contribution in [3.63, 3.8) is 0 Å². The number of halogens is 1. The Hall–Kier alpha value is -0.240. The maximum atomic E-state index is 5.41. The Morgan fingerprint density at radius 2 is 2.18 bits per heavy atom. The van der Waals surface area contributed by atoms with E-state index >= 15 is 0 Å². The second kappa shape index (κ2) is 2.67. The number of rotatable bonds is 1. The highest BCUT2D eigenvalue weighted by Crippen LogP contribution is 2.39. The van der Waals surface area contributed by atoms with Crippen molar-refractivity contribution in [2.45, 2.75) is 31.8 Å². The van der Waals surface area contributed by atoms with Crippen LogP contribution >= 0.6 is 15.9 Å². The molecule has 1 saturated heterocycles. The first-order valence-corrected chi connectivity index (χ1v) is 4.78. The van der Waals surface area contributed by atoms with Gasteiger partial charge in [0.15, 0.2) is 0 Å². The maximum Gasteiger partial charge on any atom is 0.127 e. The highest BCUT2D eigenvalue weighted by molar-refractivity contribution is 9.11. The monoisotopic (exact) mass is 214 g/mol. The first-order chi connectivity index (χ1) is 5.27. The number of hydrogen-bond acceptors (Lipinski definition) is 1. The van der Waals surface area contributed by atoms with Gasteiger partial charge in [0.25, 0.3) is 0 Å². The molecule has 0 aromatic rings. The van der Waals surface area contributed by atoms with E-state index in [1.807, 2.05) is 0 Å². The van der Waals surface area contributed by atoms with Crippen LogP contribution in [0.5, 0.6) is 0 Å². The minimum atomic E-state index is 0.361. The second-order valence-electron chi connectivity index (χ2n) is 3.13. The van der Waals surface area contributed by atoms with Crippen molar-refractivity contribution in [3.8, 4) is 0 Å². The first kappa shape index (κ1) is 7.41. The van der Waals surface area contributed by atoms with Crippen molar-refractivity contribution in [3.05, 3.63) is 22.4 Å². The van der Waals surface area contributed by atoms with Crippen LogP contribution in [0.2, 0.25) is 0 Å². The average Bonchev–Trinajstić information content (AvgIpc) is 2.29. The van der Waals surface area contributed by atoms with Gasteiger partial charge in [-0.2, -0.15) is 0 Å². The molecule has 0 N–H and O–H groups in total. The lowest BCUT2D eigenvalue weighted by Crippen LogP contribution is -2.25. The maximum absolute atomic E-state index is 5.41. The lowest BCUT2D eigenvalue weighted by Gasteiger charge is -2.31. The van der Waals surface area contributed by atoms with E-state index in [1.165, 1.54) is 29.3 Å². The fourth-order valence-electron chi connectivity index (χ4n) is 1.66. The highest BCUT2D eigenvalue weighted by atomic mass is 79.9. The fourth-order valence-corrected chi connectivity index (χ4v) is 2.39. The molecule has 1 unspecified atom stereocenters. The summed E-state index contributed by atoms with van der Waals surface area (Å²) in [5.41, 5.74) is 1.47. The summed E-state index contributed by atoms with van der Waals surface area (Å²) in [5.74, 6) is 0.940. The largest absolute Gasteiger partial charge is 0.490 e. The predicted octanol–water partition coefficient (Wildman–Crippen LogP) is 3.12. The van der Waals surface area contributed by atoms with E-state index in [1.54, 1.807) is 0 Å². The van der Waals surface area contributed by atoms with Gasteiger partial charge in [-0.3, -0.25) is 0 Å². The van der Waals surface area contributed by atoms with Gasteiger partial charge in [0.05, 0.1) is 5.76 Å². The van der Waals surface area contributed by atoms with E-state index in [0.717, 1.165) is 12.2 Å². The summed E-state index contributed by atoms with van der Waals surface area (Å²) in [4.78, 5) is 0. The van der Waals surface area contributed by atoms with E-state index in [9.17, 15) is 0 Å². The van der Waals surface area contributed by atoms with Crippen molar-refractivity contribution >= 4 is 15.9 Å². The van der Waals surface area contributed by atoms with Crippen molar-refractivity contribution in [2.24, 2.45) is 0 Å². The van der Waals surface area contributed by atoms with Crippen molar-refractivity contribution in [2.75, 3.05) is 0 Å². The molecule has 2 aliphatic rings. The molecule has 0 saturated carbocycles. The van der Waals surface area contributed by atoms with Gasteiger partial charge >= 0.3 is 0 Å². The standard InChI is InChI=1S/C9H11BrO/c1-6-5-9(11-6)7-3-2-4-8(7)10/h9H,1-5H2. The topological polar surface area (TPSA) is 9.23 Å². The van der Waals surface area contributed by atoms with Gasteiger partial charge in [0.1, 0.15) is 6.10 Å². The Balaban J connectivity index is 2.05. The summed E-state index contributed by atoms with van der Waals surface area (Å²) in [6, 6.07) is 0. The van der Waals surface area contributed by atoms with Crippen LogP contribution in [0.4, 0.5) is 0 Å². The molecular formula is C9H11BrO. The first-order valence-electron chi connectivity index (χ1n) is 3.99. The Kier molecular flexibility index (Phi) is 1.80. The zero-order valence-electron chi connectivity index (χ0n) is 6.40. The van der Waals surface area contributed by atoms with Gasteiger partial charge in [-0.05, 0) is 29.3 Å². The third-order valence-electron chi connectivity index (χ3n) is 2.30. The molecule has 1 heterocycles. The predicted molar refractivity (Wildman–Crippen MR) is 48.4 cm³/mol. The van der Waals surface area contributed by atoms with Crippen molar-refractivity contribution in [1.82, 2.24) is 0 Å². The van der Waals surface area contributed by atoms with Gasteiger partial charge in [-0.15, -0.1) is 0 Å². The molecule has 0 aromatic carbocycles. The minimum Gasteiger partial charge on any atom is -0.490 e. The second-order valence-corrected chi connectivity index (χ2v) is 4.09. The van der Waals surface area contributed by atoms with Crippen LogP contribution in [0.1, 0.15) is 25.7 Å². The number of allylic oxidation sites excluding steroid dienone is 1. The molecule has 1 nitrogen and oxygen atoms in total. The van der Waals surface area contributed by atoms with Crippen LogP contribution in [0.25, 0.3) is 0 Å². The number of hydrogen-bond donors (Lipinski definition) is 0. The van der Waals surface area contributed by atoms with Crippen LogP contribution in [0.15, 0.2) is 22.4 Å².